The van der Waals surface area contributed by atoms with Crippen molar-refractivity contribution in [3.05, 3.63) is 126 Å². The average molecular weight is 804 g/mol. The Kier molecular flexibility index (Phi) is 8.59. The predicted octanol–water partition coefficient (Wildman–Crippen LogP) is 11.3. The number of benzene rings is 4. The Balaban J connectivity index is 0.000000137. The standard InChI is InChI=1S/C22H18NO.C21H19N2.Ir/c1-2-7-15(6-1)16-12-13-23-20(14-16)19-10-5-9-18-17-8-3-4-11-21(17)24-22(18)19;1-2-9-16(10-3-1)21-22-19-14-18(15-7-4-5-8-15)13-17-11-6-12-23(21)20(17)19;/h3-5,8-9,11-15H,1-2,6-7H2;1-3,6,9,11,13-15H,4-5,7-8,12H2;/q2*-1;. The molecule has 0 amide bonds. The van der Waals surface area contributed by atoms with Gasteiger partial charge in [0.05, 0.1) is 22.4 Å². The third kappa shape index (κ3) is 5.63. The number of nitrogens with zero attached hydrogens (tertiary/aromatic N) is 3. The van der Waals surface area contributed by atoms with Crippen molar-refractivity contribution in [1.29, 1.82) is 0 Å². The molecule has 4 aromatic carbocycles. The molecule has 0 N–H and O–H groups in total. The third-order valence-electron chi connectivity index (χ3n) is 10.5. The first-order valence-electron chi connectivity index (χ1n) is 17.3. The molecule has 7 aromatic rings. The minimum absolute atomic E-state index is 0. The van der Waals surface area contributed by atoms with Crippen LogP contribution in [0.1, 0.15) is 79.9 Å². The Morgan fingerprint density at radius 3 is 2.35 bits per heavy atom. The molecule has 3 aliphatic rings. The van der Waals surface area contributed by atoms with Crippen molar-refractivity contribution < 1.29 is 24.5 Å². The summed E-state index contributed by atoms with van der Waals surface area (Å²) in [6.45, 7) is 0.893. The normalized spacial score (nSPS) is 16.0. The zero-order chi connectivity index (χ0) is 31.2. The van der Waals surface area contributed by atoms with E-state index in [1.165, 1.54) is 73.6 Å². The van der Waals surface area contributed by atoms with Crippen molar-refractivity contribution >= 4 is 39.0 Å². The molecule has 0 saturated heterocycles. The molecule has 2 saturated carbocycles. The largest absolute Gasteiger partial charge is 0.501 e. The summed E-state index contributed by atoms with van der Waals surface area (Å²) >= 11 is 0. The molecule has 4 heterocycles. The van der Waals surface area contributed by atoms with Crippen molar-refractivity contribution in [2.24, 2.45) is 0 Å². The molecule has 48 heavy (non-hydrogen) atoms. The van der Waals surface area contributed by atoms with E-state index in [1.807, 2.05) is 42.6 Å². The van der Waals surface area contributed by atoms with Crippen molar-refractivity contribution in [3.63, 3.8) is 0 Å². The number of pyridine rings is 1. The van der Waals surface area contributed by atoms with Gasteiger partial charge in [-0.2, -0.15) is 0 Å². The molecule has 10 rings (SSSR count). The van der Waals surface area contributed by atoms with Crippen LogP contribution < -0.4 is 0 Å². The molecule has 1 aliphatic heterocycles. The number of imidazole rings is 1. The molecule has 2 fully saturated rings. The van der Waals surface area contributed by atoms with Crippen LogP contribution in [0, 0.1) is 12.1 Å². The molecule has 0 spiro atoms. The van der Waals surface area contributed by atoms with Crippen molar-refractivity contribution in [2.75, 3.05) is 0 Å². The Hall–Kier alpha value is -4.31. The first kappa shape index (κ1) is 31.0. The second-order valence-electron chi connectivity index (χ2n) is 13.3. The monoisotopic (exact) mass is 804 g/mol. The van der Waals surface area contributed by atoms with Crippen LogP contribution >= 0.6 is 0 Å². The van der Waals surface area contributed by atoms with Gasteiger partial charge >= 0.3 is 0 Å². The maximum atomic E-state index is 6.13. The van der Waals surface area contributed by atoms with Gasteiger partial charge in [-0.05, 0) is 78.6 Å². The number of aromatic nitrogens is 3. The van der Waals surface area contributed by atoms with Gasteiger partial charge in [0.15, 0.2) is 0 Å². The summed E-state index contributed by atoms with van der Waals surface area (Å²) in [7, 11) is 0. The maximum absolute atomic E-state index is 6.13. The molecule has 0 bridgehead atoms. The number of furan rings is 1. The summed E-state index contributed by atoms with van der Waals surface area (Å²) in [5.74, 6) is 2.44. The van der Waals surface area contributed by atoms with Gasteiger partial charge in [-0.25, -0.2) is 0 Å². The van der Waals surface area contributed by atoms with Crippen LogP contribution in [0.5, 0.6) is 0 Å². The summed E-state index contributed by atoms with van der Waals surface area (Å²) in [5, 5.41) is 2.28. The van der Waals surface area contributed by atoms with Gasteiger partial charge < -0.3 is 14.0 Å². The summed E-state index contributed by atoms with van der Waals surface area (Å²) in [6, 6.07) is 36.1. The molecule has 4 nitrogen and oxygen atoms in total. The SMILES string of the molecule is [Ir].[c-]1ccc2c(oc3ccccc32)c1-c1cc(C2CCCC2)ccn1.[c-]1ccccc1-c1nc2cc(C3CCCC3)cc3c2n1CC=C3. The van der Waals surface area contributed by atoms with Gasteiger partial charge in [0.2, 0.25) is 0 Å². The van der Waals surface area contributed by atoms with E-state index in [0.29, 0.717) is 5.92 Å². The maximum Gasteiger partial charge on any atom is 0.120 e. The van der Waals surface area contributed by atoms with Gasteiger partial charge in [0.1, 0.15) is 5.58 Å². The molecule has 2 aliphatic carbocycles. The number of hydrogen-bond donors (Lipinski definition) is 0. The zero-order valence-electron chi connectivity index (χ0n) is 26.9. The number of para-hydroxylation sites is 1. The van der Waals surface area contributed by atoms with Gasteiger partial charge in [-0.3, -0.25) is 4.98 Å². The number of fused-ring (bicyclic) bond motifs is 3. The second-order valence-corrected chi connectivity index (χ2v) is 13.3. The van der Waals surface area contributed by atoms with Crippen LogP contribution in [0.25, 0.3) is 61.7 Å². The van der Waals surface area contributed by atoms with Crippen molar-refractivity contribution in [3.8, 4) is 22.6 Å². The van der Waals surface area contributed by atoms with Gasteiger partial charge in [-0.15, -0.1) is 54.1 Å². The first-order chi connectivity index (χ1) is 23.3. The Bertz CT molecular complexity index is 2250. The van der Waals surface area contributed by atoms with Crippen LogP contribution in [0.3, 0.4) is 0 Å². The minimum Gasteiger partial charge on any atom is -0.501 e. The predicted molar refractivity (Wildman–Crippen MR) is 191 cm³/mol. The fraction of sp³-hybridized carbons (Fsp3) is 0.256. The van der Waals surface area contributed by atoms with Gasteiger partial charge in [-0.1, -0.05) is 78.6 Å². The molecule has 0 unspecified atom stereocenters. The van der Waals surface area contributed by atoms with E-state index in [1.54, 1.807) is 0 Å². The van der Waals surface area contributed by atoms with Crippen LogP contribution in [0.4, 0.5) is 0 Å². The van der Waals surface area contributed by atoms with E-state index in [2.05, 4.69) is 82.4 Å². The summed E-state index contributed by atoms with van der Waals surface area (Å²) in [6.07, 6.45) is 17.1. The Labute approximate surface area is 295 Å². The van der Waals surface area contributed by atoms with Crippen LogP contribution in [0.15, 0.2) is 102 Å². The van der Waals surface area contributed by atoms with E-state index in [4.69, 9.17) is 9.40 Å². The zero-order valence-corrected chi connectivity index (χ0v) is 29.3. The summed E-state index contributed by atoms with van der Waals surface area (Å²) in [5.41, 5.74) is 11.4. The Morgan fingerprint density at radius 1 is 0.750 bits per heavy atom. The average Bonchev–Trinajstić information content (AvgIpc) is 3.96. The number of hydrogen-bond acceptors (Lipinski definition) is 3. The topological polar surface area (TPSA) is 43.9 Å². The second kappa shape index (κ2) is 13.3. The minimum atomic E-state index is 0. The fourth-order valence-corrected chi connectivity index (χ4v) is 8.12. The molecule has 3 aromatic heterocycles. The summed E-state index contributed by atoms with van der Waals surface area (Å²) in [4.78, 5) is 9.59. The van der Waals surface area contributed by atoms with E-state index < -0.39 is 0 Å². The smallest absolute Gasteiger partial charge is 0.120 e. The van der Waals surface area contributed by atoms with Gasteiger partial charge in [0.25, 0.3) is 0 Å². The van der Waals surface area contributed by atoms with Crippen molar-refractivity contribution in [2.45, 2.75) is 69.7 Å². The van der Waals surface area contributed by atoms with E-state index in [9.17, 15) is 0 Å². The van der Waals surface area contributed by atoms with Crippen LogP contribution in [0.2, 0.25) is 0 Å². The van der Waals surface area contributed by atoms with Crippen LogP contribution in [-0.4, -0.2) is 14.5 Å². The number of rotatable bonds is 4. The first-order valence-corrected chi connectivity index (χ1v) is 17.3. The summed E-state index contributed by atoms with van der Waals surface area (Å²) < 4.78 is 8.46. The molecular weight excluding hydrogens is 767 g/mol. The van der Waals surface area contributed by atoms with E-state index in [-0.39, 0.29) is 20.1 Å². The number of allylic oxidation sites excluding steroid dienone is 1. The molecule has 241 valence electrons. The molecule has 0 atom stereocenters. The molecule has 1 radical (unpaired) electrons. The van der Waals surface area contributed by atoms with Crippen LogP contribution in [-0.2, 0) is 26.7 Å². The van der Waals surface area contributed by atoms with Gasteiger partial charge in [0, 0.05) is 38.2 Å². The quantitative estimate of drug-likeness (QED) is 0.167. The third-order valence-corrected chi connectivity index (χ3v) is 10.5. The van der Waals surface area contributed by atoms with Crippen molar-refractivity contribution in [1.82, 2.24) is 14.5 Å². The Morgan fingerprint density at radius 2 is 1.54 bits per heavy atom. The molecule has 5 heteroatoms. The van der Waals surface area contributed by atoms with E-state index >= 15 is 0 Å². The van der Waals surface area contributed by atoms with E-state index in [0.717, 1.165) is 62.6 Å². The fourth-order valence-electron chi connectivity index (χ4n) is 8.12. The molecular formula is C43H37IrN3O-2.